The van der Waals surface area contributed by atoms with E-state index in [4.69, 9.17) is 4.74 Å². The molecule has 1 aliphatic heterocycles. The van der Waals surface area contributed by atoms with E-state index in [9.17, 15) is 9.59 Å². The highest BCUT2D eigenvalue weighted by Gasteiger charge is 2.33. The molecule has 3 aromatic rings. The van der Waals surface area contributed by atoms with Crippen molar-refractivity contribution in [1.29, 1.82) is 0 Å². The van der Waals surface area contributed by atoms with Crippen LogP contribution in [-0.2, 0) is 17.9 Å². The van der Waals surface area contributed by atoms with Crippen LogP contribution in [0.15, 0.2) is 85.8 Å². The van der Waals surface area contributed by atoms with E-state index in [1.54, 1.807) is 6.08 Å². The number of urea groups is 1. The molecule has 5 nitrogen and oxygen atoms in total. The highest BCUT2D eigenvalue weighted by Crippen LogP contribution is 2.36. The molecule has 1 aliphatic rings. The zero-order valence-corrected chi connectivity index (χ0v) is 21.4. The topological polar surface area (TPSA) is 58.6 Å². The smallest absolute Gasteiger partial charge is 0.329 e. The fourth-order valence-electron chi connectivity index (χ4n) is 3.18. The molecule has 3 aromatic carbocycles. The molecule has 0 aromatic heterocycles. The fourth-order valence-corrected chi connectivity index (χ4v) is 4.90. The lowest BCUT2D eigenvalue weighted by Crippen LogP contribution is -2.30. The summed E-state index contributed by atoms with van der Waals surface area (Å²) in [5.41, 5.74) is 2.89. The predicted octanol–water partition coefficient (Wildman–Crippen LogP) is 6.65. The SMILES string of the molecule is O=C1N/C(=C/c2cc(Br)c(OCc3ccc(Br)cc3)c(Br)c2)C(=O)N1Cc1ccccc1. The van der Waals surface area contributed by atoms with Crippen molar-refractivity contribution in [2.45, 2.75) is 13.2 Å². The standard InChI is InChI=1S/C24H17Br3N2O3/c25-18-8-6-16(7-9-18)14-32-22-19(26)10-17(11-20(22)27)12-21-23(30)29(24(31)28-21)13-15-4-2-1-3-5-15/h1-12H,13-14H2,(H,28,31)/b21-12+. The van der Waals surface area contributed by atoms with Crippen LogP contribution in [0.2, 0.25) is 0 Å². The van der Waals surface area contributed by atoms with Gasteiger partial charge in [-0.3, -0.25) is 9.69 Å². The lowest BCUT2D eigenvalue weighted by Gasteiger charge is -2.12. The quantitative estimate of drug-likeness (QED) is 0.248. The van der Waals surface area contributed by atoms with Crippen LogP contribution in [0.3, 0.4) is 0 Å². The third-order valence-electron chi connectivity index (χ3n) is 4.77. The number of nitrogens with one attached hydrogen (secondary N) is 1. The first kappa shape index (κ1) is 22.8. The number of hydrogen-bond donors (Lipinski definition) is 1. The van der Waals surface area contributed by atoms with Crippen molar-refractivity contribution < 1.29 is 14.3 Å². The highest BCUT2D eigenvalue weighted by molar-refractivity contribution is 9.11. The Bertz CT molecular complexity index is 1170. The number of imide groups is 1. The van der Waals surface area contributed by atoms with E-state index >= 15 is 0 Å². The summed E-state index contributed by atoms with van der Waals surface area (Å²) in [6, 6.07) is 20.5. The van der Waals surface area contributed by atoms with Gasteiger partial charge in [0, 0.05) is 4.47 Å². The van der Waals surface area contributed by atoms with Gasteiger partial charge in [-0.15, -0.1) is 0 Å². The summed E-state index contributed by atoms with van der Waals surface area (Å²) >= 11 is 10.5. The van der Waals surface area contributed by atoms with Crippen LogP contribution in [0.25, 0.3) is 6.08 Å². The predicted molar refractivity (Wildman–Crippen MR) is 134 cm³/mol. The molecule has 1 saturated heterocycles. The molecule has 1 heterocycles. The summed E-state index contributed by atoms with van der Waals surface area (Å²) in [6.07, 6.45) is 1.65. The van der Waals surface area contributed by atoms with Gasteiger partial charge in [-0.2, -0.15) is 0 Å². The van der Waals surface area contributed by atoms with Crippen molar-refractivity contribution in [2.75, 3.05) is 0 Å². The number of carbonyl (C=O) groups is 2. The van der Waals surface area contributed by atoms with E-state index in [-0.39, 0.29) is 18.1 Å². The van der Waals surface area contributed by atoms with Gasteiger partial charge in [-0.25, -0.2) is 4.79 Å². The summed E-state index contributed by atoms with van der Waals surface area (Å²) < 4.78 is 8.44. The lowest BCUT2D eigenvalue weighted by molar-refractivity contribution is -0.123. The molecule has 0 spiro atoms. The average molecular weight is 621 g/mol. The molecular weight excluding hydrogens is 604 g/mol. The molecule has 1 N–H and O–H groups in total. The van der Waals surface area contributed by atoms with E-state index in [2.05, 4.69) is 53.1 Å². The largest absolute Gasteiger partial charge is 0.487 e. The second-order valence-electron chi connectivity index (χ2n) is 7.09. The van der Waals surface area contributed by atoms with Crippen LogP contribution in [0.4, 0.5) is 4.79 Å². The van der Waals surface area contributed by atoms with Gasteiger partial charge >= 0.3 is 6.03 Å². The lowest BCUT2D eigenvalue weighted by atomic mass is 10.1. The Morgan fingerprint density at radius 3 is 2.19 bits per heavy atom. The fraction of sp³-hybridized carbons (Fsp3) is 0.0833. The van der Waals surface area contributed by atoms with E-state index < -0.39 is 6.03 Å². The number of hydrogen-bond acceptors (Lipinski definition) is 3. The molecule has 1 fully saturated rings. The van der Waals surface area contributed by atoms with Crippen LogP contribution >= 0.6 is 47.8 Å². The minimum atomic E-state index is -0.433. The normalized spacial score (nSPS) is 14.7. The monoisotopic (exact) mass is 618 g/mol. The van der Waals surface area contributed by atoms with Crippen molar-refractivity contribution in [3.05, 3.63) is 103 Å². The van der Waals surface area contributed by atoms with Gasteiger partial charge in [0.2, 0.25) is 0 Å². The van der Waals surface area contributed by atoms with Crippen molar-refractivity contribution in [1.82, 2.24) is 10.2 Å². The molecule has 0 saturated carbocycles. The number of nitrogens with zero attached hydrogens (tertiary/aromatic N) is 1. The van der Waals surface area contributed by atoms with E-state index in [1.807, 2.05) is 66.7 Å². The molecule has 0 radical (unpaired) electrons. The maximum atomic E-state index is 12.8. The van der Waals surface area contributed by atoms with Gasteiger partial charge in [0.05, 0.1) is 15.5 Å². The number of rotatable bonds is 6. The molecular formula is C24H17Br3N2O3. The van der Waals surface area contributed by atoms with Crippen LogP contribution in [-0.4, -0.2) is 16.8 Å². The van der Waals surface area contributed by atoms with Gasteiger partial charge in [0.25, 0.3) is 5.91 Å². The maximum absolute atomic E-state index is 12.8. The van der Waals surface area contributed by atoms with Crippen molar-refractivity contribution >= 4 is 65.8 Å². The summed E-state index contributed by atoms with van der Waals surface area (Å²) in [7, 11) is 0. The molecule has 162 valence electrons. The van der Waals surface area contributed by atoms with Crippen LogP contribution in [0.5, 0.6) is 5.75 Å². The first-order chi connectivity index (χ1) is 15.4. The van der Waals surface area contributed by atoms with Crippen molar-refractivity contribution in [2.24, 2.45) is 0 Å². The van der Waals surface area contributed by atoms with Crippen molar-refractivity contribution in [3.63, 3.8) is 0 Å². The van der Waals surface area contributed by atoms with Gasteiger partial charge in [-0.05, 0) is 78.9 Å². The van der Waals surface area contributed by atoms with Crippen LogP contribution in [0, 0.1) is 0 Å². The Balaban J connectivity index is 1.49. The maximum Gasteiger partial charge on any atom is 0.329 e. The second-order valence-corrected chi connectivity index (χ2v) is 9.72. The Morgan fingerprint density at radius 2 is 1.53 bits per heavy atom. The summed E-state index contributed by atoms with van der Waals surface area (Å²) in [5, 5.41) is 2.66. The van der Waals surface area contributed by atoms with Crippen LogP contribution in [0.1, 0.15) is 16.7 Å². The van der Waals surface area contributed by atoms with Gasteiger partial charge in [0.1, 0.15) is 18.1 Å². The average Bonchev–Trinajstić information content (AvgIpc) is 3.02. The Kier molecular flexibility index (Phi) is 7.13. The number of halogens is 3. The number of amides is 3. The molecule has 4 rings (SSSR count). The first-order valence-corrected chi connectivity index (χ1v) is 12.0. The zero-order valence-electron chi connectivity index (χ0n) is 16.6. The third kappa shape index (κ3) is 5.31. The number of benzene rings is 3. The van der Waals surface area contributed by atoms with E-state index in [0.717, 1.165) is 30.1 Å². The molecule has 8 heteroatoms. The molecule has 0 bridgehead atoms. The zero-order chi connectivity index (χ0) is 22.7. The summed E-state index contributed by atoms with van der Waals surface area (Å²) in [4.78, 5) is 26.3. The molecule has 32 heavy (non-hydrogen) atoms. The van der Waals surface area contributed by atoms with Gasteiger partial charge in [-0.1, -0.05) is 58.4 Å². The molecule has 0 atom stereocenters. The minimum Gasteiger partial charge on any atom is -0.487 e. The third-order valence-corrected chi connectivity index (χ3v) is 6.48. The first-order valence-electron chi connectivity index (χ1n) is 9.65. The van der Waals surface area contributed by atoms with E-state index in [0.29, 0.717) is 12.4 Å². The number of ether oxygens (including phenoxy) is 1. The Hall–Kier alpha value is -2.42. The summed E-state index contributed by atoms with van der Waals surface area (Å²) in [5.74, 6) is 0.296. The van der Waals surface area contributed by atoms with E-state index in [1.165, 1.54) is 4.90 Å². The van der Waals surface area contributed by atoms with Gasteiger partial charge < -0.3 is 10.1 Å². The van der Waals surface area contributed by atoms with Gasteiger partial charge in [0.15, 0.2) is 0 Å². The molecule has 3 amide bonds. The second kappa shape index (κ2) is 10.0. The summed E-state index contributed by atoms with van der Waals surface area (Å²) in [6.45, 7) is 0.632. The minimum absolute atomic E-state index is 0.221. The Morgan fingerprint density at radius 1 is 0.875 bits per heavy atom. The molecule has 0 unspecified atom stereocenters. The molecule has 0 aliphatic carbocycles. The Labute approximate surface area is 210 Å². The highest BCUT2D eigenvalue weighted by atomic mass is 79.9. The van der Waals surface area contributed by atoms with Crippen LogP contribution < -0.4 is 10.1 Å². The number of carbonyl (C=O) groups excluding carboxylic acids is 2. The van der Waals surface area contributed by atoms with Crippen molar-refractivity contribution in [3.8, 4) is 5.75 Å².